The molecule has 0 fully saturated rings. The third kappa shape index (κ3) is 6.18. The minimum atomic E-state index is -0.398. The Morgan fingerprint density at radius 3 is 2.38 bits per heavy atom. The molecule has 0 atom stereocenters. The van der Waals surface area contributed by atoms with Gasteiger partial charge >= 0.3 is 0 Å². The van der Waals surface area contributed by atoms with E-state index in [1.807, 2.05) is 6.07 Å². The molecule has 2 aromatic carbocycles. The lowest BCUT2D eigenvalue weighted by atomic mass is 10.1. The lowest BCUT2D eigenvalue weighted by molar-refractivity contribution is 0.604. The van der Waals surface area contributed by atoms with Gasteiger partial charge in [-0.3, -0.25) is 4.99 Å². The summed E-state index contributed by atoms with van der Waals surface area (Å²) in [5, 5.41) is 15.1. The summed E-state index contributed by atoms with van der Waals surface area (Å²) in [4.78, 5) is 5.39. The number of nitrogens with one attached hydrogen (secondary N) is 2. The van der Waals surface area contributed by atoms with E-state index in [-0.39, 0.29) is 24.0 Å². The fraction of sp³-hybridized carbons (Fsp3) is 0.263. The second kappa shape index (κ2) is 11.0. The van der Waals surface area contributed by atoms with Crippen LogP contribution in [0, 0.1) is 24.1 Å². The van der Waals surface area contributed by atoms with Gasteiger partial charge in [-0.1, -0.05) is 18.2 Å². The highest BCUT2D eigenvalue weighted by atomic mass is 127. The molecule has 0 radical (unpaired) electrons. The number of hydrogen-bond donors (Lipinski definition) is 2. The normalized spacial score (nSPS) is 10.7. The van der Waals surface area contributed by atoms with Gasteiger partial charge in [0.1, 0.15) is 5.82 Å². The molecule has 0 aromatic heterocycles. The Hall–Kier alpha value is -1.79. The van der Waals surface area contributed by atoms with Crippen LogP contribution in [0.2, 0.25) is 0 Å². The van der Waals surface area contributed by atoms with E-state index in [4.69, 9.17) is 5.26 Å². The summed E-state index contributed by atoms with van der Waals surface area (Å²) in [6.07, 6.45) is 2.05. The predicted octanol–water partition coefficient (Wildman–Crippen LogP) is 4.21. The molecular weight excluding hydrogens is 462 g/mol. The number of aryl methyl sites for hydroxylation is 1. The zero-order valence-electron chi connectivity index (χ0n) is 15.0. The van der Waals surface area contributed by atoms with Crippen LogP contribution < -0.4 is 10.6 Å². The zero-order valence-corrected chi connectivity index (χ0v) is 18.1. The smallest absolute Gasteiger partial charge is 0.191 e. The Balaban J connectivity index is 0.00000338. The van der Waals surface area contributed by atoms with Gasteiger partial charge in [-0.05, 0) is 42.5 Å². The lowest BCUT2D eigenvalue weighted by Gasteiger charge is -2.14. The van der Waals surface area contributed by atoms with Gasteiger partial charge in [0.25, 0.3) is 0 Å². The Labute approximate surface area is 175 Å². The molecule has 26 heavy (non-hydrogen) atoms. The topological polar surface area (TPSA) is 60.2 Å². The molecule has 0 aliphatic carbocycles. The van der Waals surface area contributed by atoms with E-state index in [1.54, 1.807) is 30.9 Å². The molecule has 0 amide bonds. The molecule has 2 N–H and O–H groups in total. The first kappa shape index (κ1) is 22.3. The van der Waals surface area contributed by atoms with E-state index in [0.29, 0.717) is 30.2 Å². The fourth-order valence-corrected chi connectivity index (χ4v) is 3.04. The summed E-state index contributed by atoms with van der Waals surface area (Å²) >= 11 is 1.71. The molecule has 4 nitrogen and oxygen atoms in total. The second-order valence-corrected chi connectivity index (χ2v) is 6.36. The van der Waals surface area contributed by atoms with Crippen molar-refractivity contribution in [3.63, 3.8) is 0 Å². The Kier molecular flexibility index (Phi) is 9.44. The van der Waals surface area contributed by atoms with Crippen molar-refractivity contribution < 1.29 is 4.39 Å². The summed E-state index contributed by atoms with van der Waals surface area (Å²) < 4.78 is 13.9. The van der Waals surface area contributed by atoms with Gasteiger partial charge in [0, 0.05) is 30.6 Å². The first-order valence-electron chi connectivity index (χ1n) is 7.84. The lowest BCUT2D eigenvalue weighted by Crippen LogP contribution is -2.36. The number of hydrogen-bond acceptors (Lipinski definition) is 3. The summed E-state index contributed by atoms with van der Waals surface area (Å²) in [5.41, 5.74) is 3.22. The number of guanidine groups is 1. The third-order valence-electron chi connectivity index (χ3n) is 3.74. The molecular formula is C19H22FIN4S. The molecule has 0 heterocycles. The van der Waals surface area contributed by atoms with Crippen LogP contribution in [0.25, 0.3) is 0 Å². The Bertz CT molecular complexity index is 818. The maximum atomic E-state index is 13.9. The largest absolute Gasteiger partial charge is 0.352 e. The zero-order chi connectivity index (χ0) is 18.2. The number of aliphatic imine (C=N–C) groups is 1. The Morgan fingerprint density at radius 1 is 1.15 bits per heavy atom. The molecule has 2 rings (SSSR count). The number of rotatable bonds is 5. The summed E-state index contributed by atoms with van der Waals surface area (Å²) in [6.45, 7) is 3.00. The SMILES string of the molecule is CN=C(NCc1ccc(C#N)cc1F)NCc1ccc(C)cc1SC.I. The first-order chi connectivity index (χ1) is 12.1. The van der Waals surface area contributed by atoms with Crippen molar-refractivity contribution in [1.29, 1.82) is 5.26 Å². The second-order valence-electron chi connectivity index (χ2n) is 5.51. The van der Waals surface area contributed by atoms with E-state index in [1.165, 1.54) is 22.1 Å². The van der Waals surface area contributed by atoms with Crippen molar-refractivity contribution in [1.82, 2.24) is 10.6 Å². The van der Waals surface area contributed by atoms with Crippen LogP contribution in [0.3, 0.4) is 0 Å². The van der Waals surface area contributed by atoms with E-state index < -0.39 is 5.82 Å². The van der Waals surface area contributed by atoms with Crippen molar-refractivity contribution in [3.05, 3.63) is 64.5 Å². The van der Waals surface area contributed by atoms with E-state index in [0.717, 1.165) is 0 Å². The molecule has 0 saturated carbocycles. The van der Waals surface area contributed by atoms with Crippen molar-refractivity contribution in [2.45, 2.75) is 24.9 Å². The van der Waals surface area contributed by atoms with E-state index >= 15 is 0 Å². The average Bonchev–Trinajstić information content (AvgIpc) is 2.63. The number of nitrogens with zero attached hydrogens (tertiary/aromatic N) is 2. The van der Waals surface area contributed by atoms with Gasteiger partial charge in [0.05, 0.1) is 11.6 Å². The van der Waals surface area contributed by atoms with Crippen LogP contribution in [0.1, 0.15) is 22.3 Å². The Morgan fingerprint density at radius 2 is 1.81 bits per heavy atom. The molecule has 0 spiro atoms. The number of benzene rings is 2. The predicted molar refractivity (Wildman–Crippen MR) is 117 cm³/mol. The van der Waals surface area contributed by atoms with Crippen molar-refractivity contribution in [2.75, 3.05) is 13.3 Å². The highest BCUT2D eigenvalue weighted by Gasteiger charge is 2.06. The molecule has 2 aromatic rings. The van der Waals surface area contributed by atoms with Gasteiger partial charge in [-0.25, -0.2) is 4.39 Å². The van der Waals surface area contributed by atoms with Gasteiger partial charge in [0.2, 0.25) is 0 Å². The maximum Gasteiger partial charge on any atom is 0.191 e. The summed E-state index contributed by atoms with van der Waals surface area (Å²) in [6, 6.07) is 12.7. The fourth-order valence-electron chi connectivity index (χ4n) is 2.34. The molecule has 138 valence electrons. The van der Waals surface area contributed by atoms with Gasteiger partial charge in [-0.2, -0.15) is 5.26 Å². The van der Waals surface area contributed by atoms with Crippen molar-refractivity contribution in [3.8, 4) is 6.07 Å². The number of nitriles is 1. The molecule has 0 unspecified atom stereocenters. The van der Waals surface area contributed by atoms with Crippen molar-refractivity contribution in [2.24, 2.45) is 4.99 Å². The van der Waals surface area contributed by atoms with E-state index in [9.17, 15) is 4.39 Å². The van der Waals surface area contributed by atoms with Crippen LogP contribution in [0.15, 0.2) is 46.3 Å². The van der Waals surface area contributed by atoms with E-state index in [2.05, 4.69) is 47.0 Å². The van der Waals surface area contributed by atoms with Crippen LogP contribution in [0.4, 0.5) is 4.39 Å². The highest BCUT2D eigenvalue weighted by Crippen LogP contribution is 2.21. The van der Waals surface area contributed by atoms with Crippen LogP contribution >= 0.6 is 35.7 Å². The molecule has 7 heteroatoms. The third-order valence-corrected chi connectivity index (χ3v) is 4.56. The highest BCUT2D eigenvalue weighted by molar-refractivity contribution is 14.0. The monoisotopic (exact) mass is 484 g/mol. The quantitative estimate of drug-likeness (QED) is 0.289. The van der Waals surface area contributed by atoms with Gasteiger partial charge in [-0.15, -0.1) is 35.7 Å². The maximum absolute atomic E-state index is 13.9. The number of halogens is 2. The summed E-state index contributed by atoms with van der Waals surface area (Å²) in [7, 11) is 1.68. The minimum Gasteiger partial charge on any atom is -0.352 e. The molecule has 0 aliphatic heterocycles. The van der Waals surface area contributed by atoms with Crippen LogP contribution in [0.5, 0.6) is 0 Å². The minimum absolute atomic E-state index is 0. The summed E-state index contributed by atoms with van der Waals surface area (Å²) in [5.74, 6) is 0.196. The first-order valence-corrected chi connectivity index (χ1v) is 9.06. The van der Waals surface area contributed by atoms with Crippen molar-refractivity contribution >= 4 is 41.7 Å². The van der Waals surface area contributed by atoms with Gasteiger partial charge < -0.3 is 10.6 Å². The number of thioether (sulfide) groups is 1. The molecule has 0 bridgehead atoms. The average molecular weight is 484 g/mol. The molecule has 0 aliphatic rings. The van der Waals surface area contributed by atoms with Crippen LogP contribution in [-0.2, 0) is 13.1 Å². The van der Waals surface area contributed by atoms with Gasteiger partial charge in [0.15, 0.2) is 5.96 Å². The standard InChI is InChI=1S/C19H21FN4S.HI/c1-13-4-6-16(18(8-13)25-3)12-24-19(22-2)23-11-15-7-5-14(10-21)9-17(15)20;/h4-9H,11-12H2,1-3H3,(H2,22,23,24);1H. The molecule has 0 saturated heterocycles. The van der Waals surface area contributed by atoms with Crippen LogP contribution in [-0.4, -0.2) is 19.3 Å².